The van der Waals surface area contributed by atoms with Crippen molar-refractivity contribution in [2.45, 2.75) is 31.4 Å². The Balaban J connectivity index is 1.73. The standard InChI is InChI=1S/C19H25N3O2S/c1-20-8-3-2-4-9-21-18(23)13-5-6-17-15(11-13)14-7-10-25-12-16(14)19(24)22-17/h5-6,11,20H,2-4,7-10,12H2,1H3,(H,21,23)(H,22,24). The van der Waals surface area contributed by atoms with E-state index in [4.69, 9.17) is 0 Å². The quantitative estimate of drug-likeness (QED) is 0.664. The van der Waals surface area contributed by atoms with Crippen molar-refractivity contribution in [2.24, 2.45) is 0 Å². The van der Waals surface area contributed by atoms with E-state index in [-0.39, 0.29) is 11.5 Å². The first-order valence-corrected chi connectivity index (χ1v) is 10.0. The van der Waals surface area contributed by atoms with Crippen LogP contribution in [0.5, 0.6) is 0 Å². The van der Waals surface area contributed by atoms with Crippen molar-refractivity contribution < 1.29 is 4.79 Å². The van der Waals surface area contributed by atoms with Gasteiger partial charge in [-0.2, -0.15) is 11.8 Å². The first kappa shape index (κ1) is 18.0. The van der Waals surface area contributed by atoms with E-state index in [0.717, 1.165) is 65.8 Å². The van der Waals surface area contributed by atoms with Gasteiger partial charge in [-0.3, -0.25) is 9.59 Å². The highest BCUT2D eigenvalue weighted by atomic mass is 32.2. The van der Waals surface area contributed by atoms with Gasteiger partial charge in [-0.15, -0.1) is 0 Å². The van der Waals surface area contributed by atoms with Crippen LogP contribution in [0.15, 0.2) is 23.0 Å². The van der Waals surface area contributed by atoms with Gasteiger partial charge in [-0.1, -0.05) is 6.42 Å². The number of carbonyl (C=O) groups is 1. The van der Waals surface area contributed by atoms with Crippen LogP contribution in [0.1, 0.15) is 40.7 Å². The Hall–Kier alpha value is -1.79. The molecule has 3 N–H and O–H groups in total. The van der Waals surface area contributed by atoms with Gasteiger partial charge in [0.2, 0.25) is 0 Å². The van der Waals surface area contributed by atoms with Gasteiger partial charge in [0.15, 0.2) is 0 Å². The summed E-state index contributed by atoms with van der Waals surface area (Å²) in [7, 11) is 1.95. The second-order valence-electron chi connectivity index (χ2n) is 6.39. The van der Waals surface area contributed by atoms with E-state index < -0.39 is 0 Å². The fourth-order valence-electron chi connectivity index (χ4n) is 3.24. The third-order valence-corrected chi connectivity index (χ3v) is 5.61. The zero-order chi connectivity index (χ0) is 17.6. The zero-order valence-corrected chi connectivity index (χ0v) is 15.4. The number of thioether (sulfide) groups is 1. The molecule has 25 heavy (non-hydrogen) atoms. The van der Waals surface area contributed by atoms with E-state index in [0.29, 0.717) is 12.1 Å². The van der Waals surface area contributed by atoms with E-state index in [1.165, 1.54) is 0 Å². The molecule has 2 aromatic rings. The molecular formula is C19H25N3O2S. The largest absolute Gasteiger partial charge is 0.352 e. The Kier molecular flexibility index (Phi) is 6.15. The summed E-state index contributed by atoms with van der Waals surface area (Å²) >= 11 is 1.79. The van der Waals surface area contributed by atoms with Crippen LogP contribution < -0.4 is 16.2 Å². The number of aromatic amines is 1. The average Bonchev–Trinajstić information content (AvgIpc) is 2.64. The van der Waals surface area contributed by atoms with Crippen LogP contribution in [-0.4, -0.2) is 36.8 Å². The molecule has 5 nitrogen and oxygen atoms in total. The van der Waals surface area contributed by atoms with Crippen molar-refractivity contribution in [3.05, 3.63) is 45.2 Å². The number of unbranched alkanes of at least 4 members (excludes halogenated alkanes) is 2. The third-order valence-electron chi connectivity index (χ3n) is 4.63. The van der Waals surface area contributed by atoms with E-state index in [2.05, 4.69) is 15.6 Å². The summed E-state index contributed by atoms with van der Waals surface area (Å²) in [6.45, 7) is 1.71. The van der Waals surface area contributed by atoms with Crippen LogP contribution in [0.2, 0.25) is 0 Å². The van der Waals surface area contributed by atoms with E-state index in [1.54, 1.807) is 17.8 Å². The topological polar surface area (TPSA) is 74.0 Å². The van der Waals surface area contributed by atoms with Crippen LogP contribution in [0.4, 0.5) is 0 Å². The second kappa shape index (κ2) is 8.54. The fraction of sp³-hybridized carbons (Fsp3) is 0.474. The summed E-state index contributed by atoms with van der Waals surface area (Å²) in [5.41, 5.74) is 3.47. The number of nitrogens with one attached hydrogen (secondary N) is 3. The number of fused-ring (bicyclic) bond motifs is 3. The van der Waals surface area contributed by atoms with Crippen LogP contribution in [0.3, 0.4) is 0 Å². The van der Waals surface area contributed by atoms with Crippen LogP contribution in [0.25, 0.3) is 10.9 Å². The van der Waals surface area contributed by atoms with Crippen LogP contribution in [-0.2, 0) is 12.2 Å². The summed E-state index contributed by atoms with van der Waals surface area (Å²) in [5, 5.41) is 7.13. The van der Waals surface area contributed by atoms with Gasteiger partial charge < -0.3 is 15.6 Å². The number of hydrogen-bond acceptors (Lipinski definition) is 4. The minimum atomic E-state index is -0.0411. The average molecular weight is 359 g/mol. The van der Waals surface area contributed by atoms with Crippen molar-refractivity contribution in [3.63, 3.8) is 0 Å². The molecule has 0 fully saturated rings. The van der Waals surface area contributed by atoms with Crippen LogP contribution in [0, 0.1) is 0 Å². The number of amides is 1. The zero-order valence-electron chi connectivity index (χ0n) is 14.6. The Morgan fingerprint density at radius 3 is 2.88 bits per heavy atom. The molecule has 0 saturated heterocycles. The van der Waals surface area contributed by atoms with Crippen LogP contribution >= 0.6 is 11.8 Å². The second-order valence-corrected chi connectivity index (χ2v) is 7.50. The van der Waals surface area contributed by atoms with Crippen molar-refractivity contribution in [1.82, 2.24) is 15.6 Å². The van der Waals surface area contributed by atoms with Gasteiger partial charge in [0.25, 0.3) is 11.5 Å². The number of pyridine rings is 1. The molecule has 1 aliphatic heterocycles. The number of benzene rings is 1. The molecule has 1 aliphatic rings. The highest BCUT2D eigenvalue weighted by Crippen LogP contribution is 2.28. The lowest BCUT2D eigenvalue weighted by molar-refractivity contribution is 0.0953. The maximum Gasteiger partial charge on any atom is 0.252 e. The van der Waals surface area contributed by atoms with Crippen molar-refractivity contribution >= 4 is 28.6 Å². The highest BCUT2D eigenvalue weighted by molar-refractivity contribution is 7.98. The van der Waals surface area contributed by atoms with Gasteiger partial charge in [0, 0.05) is 34.3 Å². The van der Waals surface area contributed by atoms with Gasteiger partial charge in [-0.25, -0.2) is 0 Å². The Morgan fingerprint density at radius 1 is 1.20 bits per heavy atom. The molecule has 0 atom stereocenters. The van der Waals surface area contributed by atoms with Crippen molar-refractivity contribution in [2.75, 3.05) is 25.9 Å². The molecule has 2 heterocycles. The van der Waals surface area contributed by atoms with E-state index in [1.807, 2.05) is 19.2 Å². The number of hydrogen-bond donors (Lipinski definition) is 3. The fourth-order valence-corrected chi connectivity index (χ4v) is 4.24. The van der Waals surface area contributed by atoms with Gasteiger partial charge in [0.05, 0.1) is 0 Å². The van der Waals surface area contributed by atoms with E-state index in [9.17, 15) is 9.59 Å². The molecule has 0 aliphatic carbocycles. The monoisotopic (exact) mass is 359 g/mol. The number of H-pyrrole nitrogens is 1. The predicted octanol–water partition coefficient (Wildman–Crippen LogP) is 2.44. The number of aromatic nitrogens is 1. The van der Waals surface area contributed by atoms with E-state index >= 15 is 0 Å². The lowest BCUT2D eigenvalue weighted by Gasteiger charge is -2.17. The maximum absolute atomic E-state index is 12.4. The lowest BCUT2D eigenvalue weighted by atomic mass is 9.99. The van der Waals surface area contributed by atoms with Gasteiger partial charge in [-0.05, 0) is 62.4 Å². The third kappa shape index (κ3) is 4.25. The molecule has 3 rings (SSSR count). The Bertz CT molecular complexity index is 816. The SMILES string of the molecule is CNCCCCCNC(=O)c1ccc2[nH]c(=O)c3c(c2c1)CCSC3. The molecule has 6 heteroatoms. The molecule has 1 aromatic carbocycles. The first-order chi connectivity index (χ1) is 12.2. The predicted molar refractivity (Wildman–Crippen MR) is 105 cm³/mol. The summed E-state index contributed by atoms with van der Waals surface area (Å²) < 4.78 is 0. The molecule has 134 valence electrons. The molecule has 1 aromatic heterocycles. The molecular weight excluding hydrogens is 334 g/mol. The van der Waals surface area contributed by atoms with Gasteiger partial charge >= 0.3 is 0 Å². The normalized spacial score (nSPS) is 13.6. The smallest absolute Gasteiger partial charge is 0.252 e. The number of aryl methyl sites for hydroxylation is 1. The molecule has 0 saturated carbocycles. The minimum absolute atomic E-state index is 0.00784. The Morgan fingerprint density at radius 2 is 2.04 bits per heavy atom. The summed E-state index contributed by atoms with van der Waals surface area (Å²) in [4.78, 5) is 27.6. The summed E-state index contributed by atoms with van der Waals surface area (Å²) in [6, 6.07) is 5.57. The summed E-state index contributed by atoms with van der Waals surface area (Å²) in [6.07, 6.45) is 4.10. The minimum Gasteiger partial charge on any atom is -0.352 e. The summed E-state index contributed by atoms with van der Waals surface area (Å²) in [5.74, 6) is 1.73. The molecule has 1 amide bonds. The maximum atomic E-state index is 12.4. The number of carbonyl (C=O) groups excluding carboxylic acids is 1. The highest BCUT2D eigenvalue weighted by Gasteiger charge is 2.17. The van der Waals surface area contributed by atoms with Crippen molar-refractivity contribution in [1.29, 1.82) is 0 Å². The molecule has 0 spiro atoms. The van der Waals surface area contributed by atoms with Gasteiger partial charge in [0.1, 0.15) is 0 Å². The number of rotatable bonds is 7. The van der Waals surface area contributed by atoms with Crippen molar-refractivity contribution in [3.8, 4) is 0 Å². The molecule has 0 radical (unpaired) electrons. The Labute approximate surface area is 152 Å². The molecule has 0 unspecified atom stereocenters. The molecule has 0 bridgehead atoms. The lowest BCUT2D eigenvalue weighted by Crippen LogP contribution is -2.25. The first-order valence-electron chi connectivity index (χ1n) is 8.89.